The molecule has 0 aliphatic carbocycles. The predicted octanol–water partition coefficient (Wildman–Crippen LogP) is 2.37. The second-order valence-electron chi connectivity index (χ2n) is 6.84. The van der Waals surface area contributed by atoms with Gasteiger partial charge < -0.3 is 19.9 Å². The minimum Gasteiger partial charge on any atom is -0.460 e. The lowest BCUT2D eigenvalue weighted by Gasteiger charge is -2.40. The number of rotatable bonds is 5. The molecule has 20 heavy (non-hydrogen) atoms. The lowest BCUT2D eigenvalue weighted by molar-refractivity contribution is -0.300. The van der Waals surface area contributed by atoms with E-state index in [0.717, 1.165) is 12.8 Å². The van der Waals surface area contributed by atoms with Crippen molar-refractivity contribution in [3.05, 3.63) is 0 Å². The molecular weight excluding hydrogens is 258 g/mol. The van der Waals surface area contributed by atoms with Gasteiger partial charge in [-0.25, -0.2) is 0 Å². The maximum atomic E-state index is 11.9. The Kier molecular flexibility index (Phi) is 5.98. The van der Waals surface area contributed by atoms with Gasteiger partial charge in [0, 0.05) is 6.42 Å². The lowest BCUT2D eigenvalue weighted by Crippen LogP contribution is -2.45. The molecule has 5 heteroatoms. The molecule has 0 spiro atoms. The topological polar surface area (TPSA) is 70.8 Å². The van der Waals surface area contributed by atoms with E-state index in [9.17, 15) is 4.79 Å². The Balaban J connectivity index is 2.53. The first kappa shape index (κ1) is 17.4. The lowest BCUT2D eigenvalue weighted by atomic mass is 10.0. The highest BCUT2D eigenvalue weighted by molar-refractivity contribution is 5.70. The summed E-state index contributed by atoms with van der Waals surface area (Å²) in [6, 6.07) is 0. The summed E-state index contributed by atoms with van der Waals surface area (Å²) in [5, 5.41) is 0. The van der Waals surface area contributed by atoms with Gasteiger partial charge in [0.1, 0.15) is 5.60 Å². The van der Waals surface area contributed by atoms with Crippen LogP contribution in [0.25, 0.3) is 0 Å². The zero-order chi connectivity index (χ0) is 15.4. The molecule has 0 aromatic rings. The van der Waals surface area contributed by atoms with E-state index in [1.165, 1.54) is 0 Å². The molecule has 0 radical (unpaired) electrons. The fraction of sp³-hybridized carbons (Fsp3) is 0.933. The van der Waals surface area contributed by atoms with Gasteiger partial charge in [-0.3, -0.25) is 4.79 Å². The SMILES string of the molecule is CC(C)(C)OC(=O)C[C@H]1C[C@@H](CCCN)OC(C)(C)O1. The highest BCUT2D eigenvalue weighted by Crippen LogP contribution is 2.30. The Morgan fingerprint density at radius 2 is 1.90 bits per heavy atom. The van der Waals surface area contributed by atoms with E-state index in [1.807, 2.05) is 34.6 Å². The van der Waals surface area contributed by atoms with Crippen LogP contribution in [0.15, 0.2) is 0 Å². The molecule has 1 saturated heterocycles. The van der Waals surface area contributed by atoms with Gasteiger partial charge in [0.05, 0.1) is 18.6 Å². The van der Waals surface area contributed by atoms with Crippen LogP contribution < -0.4 is 5.73 Å². The van der Waals surface area contributed by atoms with Crippen molar-refractivity contribution in [3.8, 4) is 0 Å². The summed E-state index contributed by atoms with van der Waals surface area (Å²) in [6.45, 7) is 10.0. The summed E-state index contributed by atoms with van der Waals surface area (Å²) >= 11 is 0. The van der Waals surface area contributed by atoms with Gasteiger partial charge in [0.25, 0.3) is 0 Å². The van der Waals surface area contributed by atoms with Crippen LogP contribution in [0.3, 0.4) is 0 Å². The summed E-state index contributed by atoms with van der Waals surface area (Å²) in [5.41, 5.74) is 5.08. The Labute approximate surface area is 122 Å². The van der Waals surface area contributed by atoms with E-state index < -0.39 is 11.4 Å². The average molecular weight is 287 g/mol. The molecule has 1 rings (SSSR count). The third kappa shape index (κ3) is 6.68. The molecule has 118 valence electrons. The van der Waals surface area contributed by atoms with Gasteiger partial charge in [-0.15, -0.1) is 0 Å². The minimum atomic E-state index is -0.663. The number of carbonyl (C=O) groups is 1. The van der Waals surface area contributed by atoms with E-state index in [0.29, 0.717) is 13.0 Å². The number of hydrogen-bond acceptors (Lipinski definition) is 5. The van der Waals surface area contributed by atoms with E-state index in [1.54, 1.807) is 0 Å². The van der Waals surface area contributed by atoms with Crippen molar-refractivity contribution in [2.45, 2.75) is 83.9 Å². The smallest absolute Gasteiger partial charge is 0.308 e. The zero-order valence-electron chi connectivity index (χ0n) is 13.4. The molecule has 1 fully saturated rings. The van der Waals surface area contributed by atoms with Gasteiger partial charge in [0.2, 0.25) is 0 Å². The van der Waals surface area contributed by atoms with Crippen LogP contribution in [0.5, 0.6) is 0 Å². The first-order valence-electron chi connectivity index (χ1n) is 7.39. The number of esters is 1. The largest absolute Gasteiger partial charge is 0.460 e. The van der Waals surface area contributed by atoms with Crippen LogP contribution in [-0.4, -0.2) is 36.1 Å². The number of nitrogens with two attached hydrogens (primary N) is 1. The molecular formula is C15H29NO4. The molecule has 0 aromatic carbocycles. The van der Waals surface area contributed by atoms with E-state index in [-0.39, 0.29) is 24.6 Å². The van der Waals surface area contributed by atoms with Crippen molar-refractivity contribution in [2.75, 3.05) is 6.54 Å². The average Bonchev–Trinajstić information content (AvgIpc) is 2.21. The Bertz CT molecular complexity index is 322. The molecule has 0 unspecified atom stereocenters. The van der Waals surface area contributed by atoms with Gasteiger partial charge in [0.15, 0.2) is 5.79 Å². The van der Waals surface area contributed by atoms with Crippen LogP contribution >= 0.6 is 0 Å². The van der Waals surface area contributed by atoms with Crippen LogP contribution in [0, 0.1) is 0 Å². The fourth-order valence-corrected chi connectivity index (χ4v) is 2.44. The van der Waals surface area contributed by atoms with Crippen LogP contribution in [0.4, 0.5) is 0 Å². The summed E-state index contributed by atoms with van der Waals surface area (Å²) in [4.78, 5) is 11.9. The molecule has 1 aliphatic heterocycles. The third-order valence-corrected chi connectivity index (χ3v) is 2.97. The van der Waals surface area contributed by atoms with E-state index in [4.69, 9.17) is 19.9 Å². The Morgan fingerprint density at radius 1 is 1.30 bits per heavy atom. The highest BCUT2D eigenvalue weighted by atomic mass is 16.7. The van der Waals surface area contributed by atoms with E-state index in [2.05, 4.69) is 0 Å². The van der Waals surface area contributed by atoms with E-state index >= 15 is 0 Å². The van der Waals surface area contributed by atoms with Crippen molar-refractivity contribution in [1.29, 1.82) is 0 Å². The minimum absolute atomic E-state index is 0.0923. The van der Waals surface area contributed by atoms with Crippen LogP contribution in [-0.2, 0) is 19.0 Å². The van der Waals surface area contributed by atoms with Gasteiger partial charge in [-0.05, 0) is 54.0 Å². The first-order chi connectivity index (χ1) is 9.11. The second-order valence-corrected chi connectivity index (χ2v) is 6.84. The molecule has 2 N–H and O–H groups in total. The third-order valence-electron chi connectivity index (χ3n) is 2.97. The molecule has 0 amide bonds. The summed E-state index contributed by atoms with van der Waals surface area (Å²) in [5.74, 6) is -0.887. The molecule has 1 heterocycles. The maximum absolute atomic E-state index is 11.9. The van der Waals surface area contributed by atoms with Crippen molar-refractivity contribution in [3.63, 3.8) is 0 Å². The van der Waals surface area contributed by atoms with Crippen LogP contribution in [0.2, 0.25) is 0 Å². The van der Waals surface area contributed by atoms with Crippen molar-refractivity contribution >= 4 is 5.97 Å². The Morgan fingerprint density at radius 3 is 2.45 bits per heavy atom. The molecule has 2 atom stereocenters. The van der Waals surface area contributed by atoms with Gasteiger partial charge >= 0.3 is 5.97 Å². The number of carbonyl (C=O) groups excluding carboxylic acids is 1. The summed E-state index contributed by atoms with van der Waals surface area (Å²) in [7, 11) is 0. The van der Waals surface area contributed by atoms with Crippen molar-refractivity contribution < 1.29 is 19.0 Å². The number of ether oxygens (including phenoxy) is 3. The van der Waals surface area contributed by atoms with Crippen molar-refractivity contribution in [2.24, 2.45) is 5.73 Å². The second kappa shape index (κ2) is 6.87. The summed E-state index contributed by atoms with van der Waals surface area (Å²) < 4.78 is 17.0. The van der Waals surface area contributed by atoms with Crippen molar-refractivity contribution in [1.82, 2.24) is 0 Å². The standard InChI is InChI=1S/C15H29NO4/c1-14(2,3)20-13(17)10-12-9-11(7-6-8-16)18-15(4,5)19-12/h11-12H,6-10,16H2,1-5H3/t11-,12-/m1/s1. The van der Waals surface area contributed by atoms with Gasteiger partial charge in [-0.1, -0.05) is 0 Å². The maximum Gasteiger partial charge on any atom is 0.308 e. The predicted molar refractivity (Wildman–Crippen MR) is 77.2 cm³/mol. The number of hydrogen-bond donors (Lipinski definition) is 1. The highest BCUT2D eigenvalue weighted by Gasteiger charge is 2.36. The fourth-order valence-electron chi connectivity index (χ4n) is 2.44. The molecule has 0 bridgehead atoms. The van der Waals surface area contributed by atoms with Crippen LogP contribution in [0.1, 0.15) is 60.3 Å². The molecule has 0 aromatic heterocycles. The molecule has 1 aliphatic rings. The summed E-state index contributed by atoms with van der Waals surface area (Å²) in [6.07, 6.45) is 2.73. The quantitative estimate of drug-likeness (QED) is 0.786. The first-order valence-corrected chi connectivity index (χ1v) is 7.39. The monoisotopic (exact) mass is 287 g/mol. The normalized spacial score (nSPS) is 26.3. The molecule has 5 nitrogen and oxygen atoms in total. The Hall–Kier alpha value is -0.650. The zero-order valence-corrected chi connectivity index (χ0v) is 13.4. The van der Waals surface area contributed by atoms with Gasteiger partial charge in [-0.2, -0.15) is 0 Å². The molecule has 0 saturated carbocycles.